The van der Waals surface area contributed by atoms with Crippen LogP contribution in [-0.2, 0) is 36.9 Å². The second-order valence-corrected chi connectivity index (χ2v) is 13.6. The van der Waals surface area contributed by atoms with E-state index in [1.807, 2.05) is 36.4 Å². The molecule has 11 heteroatoms. The number of nitrogens with one attached hydrogen (secondary N) is 2. The molecule has 1 aromatic carbocycles. The number of allylic oxidation sites excluding steroid dienone is 1. The summed E-state index contributed by atoms with van der Waals surface area (Å²) in [5, 5.41) is 15.7. The van der Waals surface area contributed by atoms with Crippen LogP contribution >= 0.6 is 0 Å². The maximum Gasteiger partial charge on any atom is 0.410 e. The molecule has 5 rings (SSSR count). The molecule has 0 radical (unpaired) electrons. The van der Waals surface area contributed by atoms with Gasteiger partial charge in [-0.1, -0.05) is 70.0 Å². The minimum atomic E-state index is -1.43. The van der Waals surface area contributed by atoms with Crippen LogP contribution in [0.15, 0.2) is 36.4 Å². The molecule has 4 aliphatic rings. The molecule has 2 fully saturated rings. The van der Waals surface area contributed by atoms with Gasteiger partial charge in [0.25, 0.3) is 0 Å². The van der Waals surface area contributed by atoms with E-state index in [0.717, 1.165) is 24.8 Å². The van der Waals surface area contributed by atoms with Gasteiger partial charge in [0.15, 0.2) is 0 Å². The standard InChI is InChI=1S/C33H44N4O7/c1-32(2,3)29(40)34-25-14-8-6-4-5-7-13-23-18-33(23,30(41)42)35-27(38)26-17-24(20-37(26)28(25)39)44-31(43)36-16-15-21-11-9-10-12-22(21)19-36/h7,9-13,23-26H,4-6,8,14-20H2,1-3H3,(H,34,40)(H,35,38)(H,41,42)/b13-7+/t23-,24-,25+,26+,33-/m1/s1. The number of carboxylic acids is 1. The number of ether oxygens (including phenoxy) is 1. The van der Waals surface area contributed by atoms with E-state index in [4.69, 9.17) is 4.74 Å². The van der Waals surface area contributed by atoms with Gasteiger partial charge in [-0.3, -0.25) is 14.4 Å². The molecule has 1 aliphatic carbocycles. The van der Waals surface area contributed by atoms with Gasteiger partial charge in [0.05, 0.1) is 6.54 Å². The SMILES string of the molecule is CC(C)(C)C(=O)N[C@H]1CCCCC/C=C/[C@@H]2C[C@@]2(C(=O)O)NC(=O)[C@@H]2C[C@@H](OC(=O)N3CCc4ccccc4C3)CN2C1=O. The molecule has 1 aromatic rings. The number of aliphatic carboxylic acids is 1. The van der Waals surface area contributed by atoms with Crippen molar-refractivity contribution in [3.05, 3.63) is 47.5 Å². The number of nitrogens with zero attached hydrogens (tertiary/aromatic N) is 2. The summed E-state index contributed by atoms with van der Waals surface area (Å²) in [6, 6.07) is 6.01. The van der Waals surface area contributed by atoms with Crippen molar-refractivity contribution in [1.82, 2.24) is 20.4 Å². The third-order valence-corrected chi connectivity index (χ3v) is 9.26. The Morgan fingerprint density at radius 2 is 1.84 bits per heavy atom. The molecule has 0 unspecified atom stereocenters. The highest BCUT2D eigenvalue weighted by atomic mass is 16.6. The van der Waals surface area contributed by atoms with Gasteiger partial charge in [0.2, 0.25) is 17.7 Å². The van der Waals surface area contributed by atoms with Crippen LogP contribution in [0.25, 0.3) is 0 Å². The summed E-state index contributed by atoms with van der Waals surface area (Å²) in [7, 11) is 0. The maximum atomic E-state index is 14.1. The summed E-state index contributed by atoms with van der Waals surface area (Å²) in [5.74, 6) is -2.77. The summed E-state index contributed by atoms with van der Waals surface area (Å²) in [6.45, 7) is 6.17. The summed E-state index contributed by atoms with van der Waals surface area (Å²) >= 11 is 0. The van der Waals surface area contributed by atoms with E-state index in [1.54, 1.807) is 25.7 Å². The zero-order valence-electron chi connectivity index (χ0n) is 25.8. The predicted octanol–water partition coefficient (Wildman–Crippen LogP) is 3.16. The third-order valence-electron chi connectivity index (χ3n) is 9.26. The smallest absolute Gasteiger partial charge is 0.410 e. The Bertz CT molecular complexity index is 1340. The zero-order valence-corrected chi connectivity index (χ0v) is 25.8. The van der Waals surface area contributed by atoms with E-state index in [2.05, 4.69) is 10.6 Å². The Labute approximate surface area is 258 Å². The molecule has 0 aromatic heterocycles. The first-order valence-electron chi connectivity index (χ1n) is 15.7. The van der Waals surface area contributed by atoms with Crippen LogP contribution in [0, 0.1) is 11.3 Å². The van der Waals surface area contributed by atoms with Crippen LogP contribution < -0.4 is 10.6 Å². The number of benzene rings is 1. The van der Waals surface area contributed by atoms with Crippen molar-refractivity contribution < 1.29 is 33.8 Å². The van der Waals surface area contributed by atoms with Gasteiger partial charge < -0.3 is 30.3 Å². The quantitative estimate of drug-likeness (QED) is 0.447. The summed E-state index contributed by atoms with van der Waals surface area (Å²) in [4.78, 5) is 69.4. The fourth-order valence-corrected chi connectivity index (χ4v) is 6.39. The highest BCUT2D eigenvalue weighted by Gasteiger charge is 2.61. The first-order chi connectivity index (χ1) is 20.9. The molecule has 0 spiro atoms. The van der Waals surface area contributed by atoms with Crippen LogP contribution in [0.5, 0.6) is 0 Å². The number of fused-ring (bicyclic) bond motifs is 3. The Morgan fingerprint density at radius 1 is 1.09 bits per heavy atom. The molecule has 3 aliphatic heterocycles. The van der Waals surface area contributed by atoms with Gasteiger partial charge >= 0.3 is 12.1 Å². The molecule has 238 valence electrons. The van der Waals surface area contributed by atoms with Crippen molar-refractivity contribution in [2.45, 2.75) is 102 Å². The maximum absolute atomic E-state index is 14.1. The Morgan fingerprint density at radius 3 is 2.57 bits per heavy atom. The molecule has 3 heterocycles. The minimum Gasteiger partial charge on any atom is -0.479 e. The number of carbonyl (C=O) groups excluding carboxylic acids is 4. The van der Waals surface area contributed by atoms with Gasteiger partial charge in [-0.15, -0.1) is 0 Å². The van der Waals surface area contributed by atoms with E-state index in [0.29, 0.717) is 32.4 Å². The number of hydrogen-bond acceptors (Lipinski definition) is 6. The normalized spacial score (nSPS) is 30.0. The topological polar surface area (TPSA) is 145 Å². The van der Waals surface area contributed by atoms with Crippen molar-refractivity contribution in [2.75, 3.05) is 13.1 Å². The molecule has 0 bridgehead atoms. The fourth-order valence-electron chi connectivity index (χ4n) is 6.39. The van der Waals surface area contributed by atoms with Crippen molar-refractivity contribution in [1.29, 1.82) is 0 Å². The lowest BCUT2D eigenvalue weighted by Gasteiger charge is -2.31. The molecule has 1 saturated carbocycles. The van der Waals surface area contributed by atoms with Gasteiger partial charge in [-0.25, -0.2) is 9.59 Å². The molecule has 11 nitrogen and oxygen atoms in total. The monoisotopic (exact) mass is 608 g/mol. The van der Waals surface area contributed by atoms with Gasteiger partial charge in [0.1, 0.15) is 23.7 Å². The van der Waals surface area contributed by atoms with Gasteiger partial charge in [0, 0.05) is 30.8 Å². The number of rotatable bonds is 3. The summed E-state index contributed by atoms with van der Waals surface area (Å²) < 4.78 is 5.88. The second-order valence-electron chi connectivity index (χ2n) is 13.6. The first-order valence-corrected chi connectivity index (χ1v) is 15.7. The van der Waals surface area contributed by atoms with E-state index >= 15 is 0 Å². The Kier molecular flexibility index (Phi) is 9.04. The molecule has 3 N–H and O–H groups in total. The lowest BCUT2D eigenvalue weighted by Crippen LogP contribution is -2.57. The lowest BCUT2D eigenvalue weighted by molar-refractivity contribution is -0.146. The molecule has 44 heavy (non-hydrogen) atoms. The van der Waals surface area contributed by atoms with E-state index in [9.17, 15) is 29.1 Å². The van der Waals surface area contributed by atoms with Crippen LogP contribution in [-0.4, -0.2) is 81.5 Å². The van der Waals surface area contributed by atoms with Crippen LogP contribution in [0.1, 0.15) is 76.8 Å². The van der Waals surface area contributed by atoms with E-state index < -0.39 is 53.0 Å². The predicted molar refractivity (Wildman–Crippen MR) is 161 cm³/mol. The largest absolute Gasteiger partial charge is 0.479 e. The molecule has 5 atom stereocenters. The van der Waals surface area contributed by atoms with Crippen molar-refractivity contribution in [2.24, 2.45) is 11.3 Å². The number of hydrogen-bond donors (Lipinski definition) is 3. The Balaban J connectivity index is 1.37. The Hall–Kier alpha value is -3.89. The average Bonchev–Trinajstić information content (AvgIpc) is 3.52. The second kappa shape index (κ2) is 12.6. The van der Waals surface area contributed by atoms with Gasteiger partial charge in [-0.2, -0.15) is 0 Å². The van der Waals surface area contributed by atoms with Gasteiger partial charge in [-0.05, 0) is 43.2 Å². The van der Waals surface area contributed by atoms with Crippen LogP contribution in [0.4, 0.5) is 4.79 Å². The third kappa shape index (κ3) is 6.76. The molecular weight excluding hydrogens is 564 g/mol. The summed E-state index contributed by atoms with van der Waals surface area (Å²) in [6.07, 6.45) is 7.06. The van der Waals surface area contributed by atoms with Crippen LogP contribution in [0.3, 0.4) is 0 Å². The average molecular weight is 609 g/mol. The van der Waals surface area contributed by atoms with Crippen molar-refractivity contribution >= 4 is 29.8 Å². The highest BCUT2D eigenvalue weighted by molar-refractivity contribution is 5.96. The summed E-state index contributed by atoms with van der Waals surface area (Å²) in [5.41, 5.74) is 0.0746. The number of carbonyl (C=O) groups is 5. The highest BCUT2D eigenvalue weighted by Crippen LogP contribution is 2.45. The zero-order chi connectivity index (χ0) is 31.6. The minimum absolute atomic E-state index is 0.0294. The molecular formula is C33H44N4O7. The lowest BCUT2D eigenvalue weighted by atomic mass is 9.94. The van der Waals surface area contributed by atoms with E-state index in [1.165, 1.54) is 10.5 Å². The van der Waals surface area contributed by atoms with E-state index in [-0.39, 0.29) is 31.2 Å². The van der Waals surface area contributed by atoms with Crippen molar-refractivity contribution in [3.8, 4) is 0 Å². The number of amides is 4. The first kappa shape index (κ1) is 31.5. The molecule has 1 saturated heterocycles. The van der Waals surface area contributed by atoms with Crippen LogP contribution in [0.2, 0.25) is 0 Å². The fraction of sp³-hybridized carbons (Fsp3) is 0.606. The van der Waals surface area contributed by atoms with Crippen molar-refractivity contribution in [3.63, 3.8) is 0 Å². The number of carboxylic acid groups (broad SMARTS) is 1. The molecule has 4 amide bonds.